The predicted molar refractivity (Wildman–Crippen MR) is 122 cm³/mol. The molecule has 0 spiro atoms. The fourth-order valence-electron chi connectivity index (χ4n) is 5.03. The standard InChI is InChI=1S/C26H28ClN3O/c27-24-13-22(12-23-17-30(16-21-5-6-21)26(31)25(23)24)11-18-7-9-29(10-8-18)15-20-3-1-19(14-28)2-4-20/h1-4,12-13,18,21H,5-11,15-17H2. The van der Waals surface area contributed by atoms with E-state index in [1.807, 2.05) is 23.1 Å². The molecule has 2 aromatic carbocycles. The molecule has 0 N–H and O–H groups in total. The van der Waals surface area contributed by atoms with Gasteiger partial charge in [0.1, 0.15) is 0 Å². The van der Waals surface area contributed by atoms with Crippen LogP contribution in [0.2, 0.25) is 5.02 Å². The van der Waals surface area contributed by atoms with Gasteiger partial charge >= 0.3 is 0 Å². The number of carbonyl (C=O) groups is 1. The van der Waals surface area contributed by atoms with Crippen LogP contribution in [0.15, 0.2) is 36.4 Å². The van der Waals surface area contributed by atoms with Gasteiger partial charge in [0.2, 0.25) is 0 Å². The van der Waals surface area contributed by atoms with Crippen LogP contribution in [-0.4, -0.2) is 35.3 Å². The van der Waals surface area contributed by atoms with E-state index in [1.54, 1.807) is 0 Å². The molecule has 0 unspecified atom stereocenters. The molecule has 31 heavy (non-hydrogen) atoms. The number of nitrogens with zero attached hydrogens (tertiary/aromatic N) is 3. The summed E-state index contributed by atoms with van der Waals surface area (Å²) < 4.78 is 0. The van der Waals surface area contributed by atoms with Crippen LogP contribution in [0.5, 0.6) is 0 Å². The van der Waals surface area contributed by atoms with Crippen LogP contribution < -0.4 is 0 Å². The van der Waals surface area contributed by atoms with E-state index in [4.69, 9.17) is 16.9 Å². The first kappa shape index (κ1) is 20.5. The molecule has 2 aromatic rings. The van der Waals surface area contributed by atoms with E-state index >= 15 is 0 Å². The van der Waals surface area contributed by atoms with E-state index in [1.165, 1.54) is 36.8 Å². The lowest BCUT2D eigenvalue weighted by Gasteiger charge is -2.32. The van der Waals surface area contributed by atoms with Gasteiger partial charge < -0.3 is 4.90 Å². The lowest BCUT2D eigenvalue weighted by Crippen LogP contribution is -2.33. The Hall–Kier alpha value is -2.35. The van der Waals surface area contributed by atoms with E-state index in [-0.39, 0.29) is 5.91 Å². The Bertz CT molecular complexity index is 1010. The van der Waals surface area contributed by atoms with Gasteiger partial charge in [0.25, 0.3) is 5.91 Å². The van der Waals surface area contributed by atoms with Gasteiger partial charge in [0.05, 0.1) is 22.2 Å². The zero-order chi connectivity index (χ0) is 21.4. The van der Waals surface area contributed by atoms with Crippen molar-refractivity contribution in [3.8, 4) is 6.07 Å². The van der Waals surface area contributed by atoms with Crippen LogP contribution in [0.25, 0.3) is 0 Å². The quantitative estimate of drug-likeness (QED) is 0.641. The second-order valence-corrected chi connectivity index (χ2v) is 9.88. The van der Waals surface area contributed by atoms with E-state index < -0.39 is 0 Å². The minimum absolute atomic E-state index is 0.120. The van der Waals surface area contributed by atoms with Gasteiger partial charge in [-0.1, -0.05) is 29.8 Å². The summed E-state index contributed by atoms with van der Waals surface area (Å²) >= 11 is 6.56. The van der Waals surface area contributed by atoms with Crippen molar-refractivity contribution in [3.63, 3.8) is 0 Å². The fraction of sp³-hybridized carbons (Fsp3) is 0.462. The molecule has 2 aliphatic heterocycles. The third-order valence-electron chi connectivity index (χ3n) is 6.99. The summed E-state index contributed by atoms with van der Waals surface area (Å²) in [5.74, 6) is 1.48. The van der Waals surface area contributed by atoms with E-state index in [9.17, 15) is 4.79 Å². The van der Waals surface area contributed by atoms with Crippen molar-refractivity contribution in [1.82, 2.24) is 9.80 Å². The molecule has 2 heterocycles. The predicted octanol–water partition coefficient (Wildman–Crippen LogP) is 5.03. The zero-order valence-corrected chi connectivity index (χ0v) is 18.6. The van der Waals surface area contributed by atoms with Crippen molar-refractivity contribution in [3.05, 3.63) is 69.2 Å². The molecule has 0 radical (unpaired) electrons. The number of rotatable bonds is 6. The maximum atomic E-state index is 12.7. The van der Waals surface area contributed by atoms with Crippen molar-refractivity contribution in [2.45, 2.75) is 45.2 Å². The number of amides is 1. The van der Waals surface area contributed by atoms with Crippen LogP contribution in [0, 0.1) is 23.2 Å². The molecule has 1 saturated carbocycles. The Labute approximate surface area is 189 Å². The lowest BCUT2D eigenvalue weighted by molar-refractivity contribution is 0.0771. The fourth-order valence-corrected chi connectivity index (χ4v) is 5.37. The van der Waals surface area contributed by atoms with Gasteiger partial charge in [-0.15, -0.1) is 0 Å². The summed E-state index contributed by atoms with van der Waals surface area (Å²) in [6, 6.07) is 14.4. The molecule has 0 atom stereocenters. The molecule has 4 nitrogen and oxygen atoms in total. The van der Waals surface area contributed by atoms with Crippen molar-refractivity contribution < 1.29 is 4.79 Å². The second-order valence-electron chi connectivity index (χ2n) is 9.47. The molecule has 1 aliphatic carbocycles. The zero-order valence-electron chi connectivity index (χ0n) is 17.8. The highest BCUT2D eigenvalue weighted by Crippen LogP contribution is 2.36. The molecular weight excluding hydrogens is 406 g/mol. The number of hydrogen-bond acceptors (Lipinski definition) is 3. The van der Waals surface area contributed by atoms with E-state index in [0.29, 0.717) is 22.4 Å². The molecule has 1 saturated heterocycles. The highest BCUT2D eigenvalue weighted by Gasteiger charge is 2.34. The number of nitriles is 1. The van der Waals surface area contributed by atoms with Crippen molar-refractivity contribution in [2.24, 2.45) is 11.8 Å². The molecule has 0 aromatic heterocycles. The van der Waals surface area contributed by atoms with Crippen molar-refractivity contribution in [2.75, 3.05) is 19.6 Å². The molecule has 5 heteroatoms. The van der Waals surface area contributed by atoms with Crippen molar-refractivity contribution in [1.29, 1.82) is 5.26 Å². The molecule has 160 valence electrons. The molecular formula is C26H28ClN3O. The molecule has 1 amide bonds. The van der Waals surface area contributed by atoms with E-state index in [0.717, 1.165) is 50.3 Å². The minimum atomic E-state index is 0.120. The third kappa shape index (κ3) is 4.63. The van der Waals surface area contributed by atoms with Crippen molar-refractivity contribution >= 4 is 17.5 Å². The maximum absolute atomic E-state index is 12.7. The number of piperidine rings is 1. The highest BCUT2D eigenvalue weighted by molar-refractivity contribution is 6.34. The molecule has 2 fully saturated rings. The first-order valence-corrected chi connectivity index (χ1v) is 11.8. The molecule has 5 rings (SSSR count). The SMILES string of the molecule is N#Cc1ccc(CN2CCC(Cc3cc(Cl)c4c(c3)CN(CC3CC3)C4=O)CC2)cc1. The Kier molecular flexibility index (Phi) is 5.73. The number of carbonyl (C=O) groups excluding carboxylic acids is 1. The van der Waals surface area contributed by atoms with E-state index in [2.05, 4.69) is 29.2 Å². The van der Waals surface area contributed by atoms with Crippen LogP contribution in [-0.2, 0) is 19.5 Å². The number of halogens is 1. The number of fused-ring (bicyclic) bond motifs is 1. The average molecular weight is 434 g/mol. The topological polar surface area (TPSA) is 47.3 Å². The normalized spacial score (nSPS) is 19.5. The summed E-state index contributed by atoms with van der Waals surface area (Å²) in [4.78, 5) is 17.2. The first-order valence-electron chi connectivity index (χ1n) is 11.4. The summed E-state index contributed by atoms with van der Waals surface area (Å²) in [7, 11) is 0. The summed E-state index contributed by atoms with van der Waals surface area (Å²) in [5.41, 5.74) is 5.11. The largest absolute Gasteiger partial charge is 0.334 e. The van der Waals surface area contributed by atoms with Gasteiger partial charge in [-0.2, -0.15) is 5.26 Å². The average Bonchev–Trinajstić information content (AvgIpc) is 3.53. The smallest absolute Gasteiger partial charge is 0.256 e. The Morgan fingerprint density at radius 2 is 1.74 bits per heavy atom. The summed E-state index contributed by atoms with van der Waals surface area (Å²) in [5, 5.41) is 9.58. The van der Waals surface area contributed by atoms with Gasteiger partial charge in [-0.25, -0.2) is 0 Å². The Balaban J connectivity index is 1.17. The van der Waals surface area contributed by atoms with Crippen LogP contribution >= 0.6 is 11.6 Å². The lowest BCUT2D eigenvalue weighted by atomic mass is 9.89. The number of hydrogen-bond donors (Lipinski definition) is 0. The van der Waals surface area contributed by atoms with Crippen LogP contribution in [0.3, 0.4) is 0 Å². The van der Waals surface area contributed by atoms with Gasteiger partial charge in [0, 0.05) is 19.6 Å². The first-order chi connectivity index (χ1) is 15.1. The molecule has 3 aliphatic rings. The monoisotopic (exact) mass is 433 g/mol. The summed E-state index contributed by atoms with van der Waals surface area (Å²) in [6.45, 7) is 4.74. The van der Waals surface area contributed by atoms with Crippen LogP contribution in [0.4, 0.5) is 0 Å². The maximum Gasteiger partial charge on any atom is 0.256 e. The molecule has 0 bridgehead atoms. The van der Waals surface area contributed by atoms with Gasteiger partial charge in [0.15, 0.2) is 0 Å². The van der Waals surface area contributed by atoms with Gasteiger partial charge in [-0.3, -0.25) is 9.69 Å². The van der Waals surface area contributed by atoms with Gasteiger partial charge in [-0.05, 0) is 91.9 Å². The third-order valence-corrected chi connectivity index (χ3v) is 7.29. The number of likely N-dealkylation sites (tertiary alicyclic amines) is 1. The second kappa shape index (κ2) is 8.65. The Morgan fingerprint density at radius 3 is 2.42 bits per heavy atom. The minimum Gasteiger partial charge on any atom is -0.334 e. The Morgan fingerprint density at radius 1 is 1.00 bits per heavy atom. The highest BCUT2D eigenvalue weighted by atomic mass is 35.5. The number of benzene rings is 2. The summed E-state index contributed by atoms with van der Waals surface area (Å²) in [6.07, 6.45) is 5.90. The van der Waals surface area contributed by atoms with Crippen LogP contribution in [0.1, 0.15) is 58.3 Å².